The quantitative estimate of drug-likeness (QED) is 0.649. The summed E-state index contributed by atoms with van der Waals surface area (Å²) in [5, 5.41) is 3.06. The number of allylic oxidation sites excluding steroid dienone is 2. The Morgan fingerprint density at radius 3 is 2.63 bits per heavy atom. The number of aromatic nitrogens is 1. The van der Waals surface area contributed by atoms with Gasteiger partial charge in [0.05, 0.1) is 5.69 Å². The van der Waals surface area contributed by atoms with Crippen LogP contribution < -0.4 is 11.1 Å². The third kappa shape index (κ3) is 3.42. The minimum Gasteiger partial charge on any atom is -0.382 e. The molecule has 0 fully saturated rings. The monoisotopic (exact) mass is 253 g/mol. The summed E-state index contributed by atoms with van der Waals surface area (Å²) in [6.45, 7) is 1.81. The highest BCUT2D eigenvalue weighted by atomic mass is 16.1. The molecule has 3 N–H and O–H groups in total. The molecular weight excluding hydrogens is 238 g/mol. The number of carbonyl (C=O) groups is 1. The molecule has 0 atom stereocenters. The Balaban J connectivity index is 2.12. The minimum absolute atomic E-state index is 0.0481. The molecule has 1 aromatic carbocycles. The summed E-state index contributed by atoms with van der Waals surface area (Å²) in [6, 6.07) is 12.7. The molecule has 2 aromatic rings. The molecule has 0 spiro atoms. The number of ketones is 1. The van der Waals surface area contributed by atoms with Crippen LogP contribution in [0.4, 0.5) is 11.5 Å². The third-order valence-corrected chi connectivity index (χ3v) is 2.58. The molecular formula is C15H15N3O. The normalized spacial score (nSPS) is 11.1. The maximum atomic E-state index is 12.0. The van der Waals surface area contributed by atoms with Crippen LogP contribution >= 0.6 is 0 Å². The number of nitrogen functional groups attached to an aromatic ring is 1. The van der Waals surface area contributed by atoms with Crippen LogP contribution in [-0.4, -0.2) is 10.8 Å². The fourth-order valence-corrected chi connectivity index (χ4v) is 1.65. The van der Waals surface area contributed by atoms with Gasteiger partial charge in [-0.25, -0.2) is 4.98 Å². The first-order valence-corrected chi connectivity index (χ1v) is 5.92. The molecule has 1 heterocycles. The number of rotatable bonds is 4. The van der Waals surface area contributed by atoms with Crippen molar-refractivity contribution in [3.63, 3.8) is 0 Å². The molecule has 0 unspecified atom stereocenters. The number of benzene rings is 1. The number of nitrogens with zero attached hydrogens (tertiary/aromatic N) is 1. The van der Waals surface area contributed by atoms with E-state index in [1.807, 2.05) is 31.2 Å². The lowest BCUT2D eigenvalue weighted by Crippen LogP contribution is -2.04. The number of pyridine rings is 1. The van der Waals surface area contributed by atoms with Gasteiger partial charge in [-0.05, 0) is 19.1 Å². The van der Waals surface area contributed by atoms with E-state index < -0.39 is 0 Å². The van der Waals surface area contributed by atoms with E-state index in [-0.39, 0.29) is 5.78 Å². The second kappa shape index (κ2) is 5.82. The van der Waals surface area contributed by atoms with Crippen molar-refractivity contribution in [2.45, 2.75) is 6.92 Å². The standard InChI is InChI=1S/C15H15N3O/c1-11(18-13-8-5-9-17-15(13)16)10-14(19)12-6-3-2-4-7-12/h2-10,18H,1H3,(H2,16,17). The van der Waals surface area contributed by atoms with E-state index in [1.54, 1.807) is 30.5 Å². The van der Waals surface area contributed by atoms with E-state index in [4.69, 9.17) is 5.73 Å². The molecule has 0 saturated heterocycles. The number of hydrogen-bond acceptors (Lipinski definition) is 4. The van der Waals surface area contributed by atoms with Gasteiger partial charge in [0.1, 0.15) is 5.82 Å². The van der Waals surface area contributed by atoms with Crippen LogP contribution in [0.2, 0.25) is 0 Å². The second-order valence-corrected chi connectivity index (χ2v) is 4.12. The number of anilines is 2. The van der Waals surface area contributed by atoms with E-state index in [0.29, 0.717) is 22.8 Å². The molecule has 0 amide bonds. The Morgan fingerprint density at radius 1 is 1.21 bits per heavy atom. The van der Waals surface area contributed by atoms with Crippen LogP contribution in [0.25, 0.3) is 0 Å². The lowest BCUT2D eigenvalue weighted by molar-refractivity contribution is 0.104. The van der Waals surface area contributed by atoms with E-state index in [1.165, 1.54) is 0 Å². The largest absolute Gasteiger partial charge is 0.382 e. The highest BCUT2D eigenvalue weighted by molar-refractivity contribution is 6.05. The summed E-state index contributed by atoms with van der Waals surface area (Å²) < 4.78 is 0. The van der Waals surface area contributed by atoms with Crippen molar-refractivity contribution >= 4 is 17.3 Å². The molecule has 1 aromatic heterocycles. The SMILES string of the molecule is CC(=CC(=O)c1ccccc1)Nc1cccnc1N. The molecule has 0 radical (unpaired) electrons. The average molecular weight is 253 g/mol. The van der Waals surface area contributed by atoms with E-state index >= 15 is 0 Å². The summed E-state index contributed by atoms with van der Waals surface area (Å²) in [5.74, 6) is 0.357. The molecule has 0 saturated carbocycles. The van der Waals surface area contributed by atoms with Crippen LogP contribution in [0.15, 0.2) is 60.4 Å². The molecule has 0 aliphatic rings. The molecule has 0 aliphatic heterocycles. The summed E-state index contributed by atoms with van der Waals surface area (Å²) in [7, 11) is 0. The van der Waals surface area contributed by atoms with Gasteiger partial charge in [-0.1, -0.05) is 30.3 Å². The minimum atomic E-state index is -0.0481. The van der Waals surface area contributed by atoms with Crippen molar-refractivity contribution in [3.8, 4) is 0 Å². The highest BCUT2D eigenvalue weighted by Gasteiger charge is 2.03. The van der Waals surface area contributed by atoms with Crippen molar-refractivity contribution in [2.24, 2.45) is 0 Å². The van der Waals surface area contributed by atoms with E-state index in [9.17, 15) is 4.79 Å². The van der Waals surface area contributed by atoms with Gasteiger partial charge in [-0.2, -0.15) is 0 Å². The smallest absolute Gasteiger partial charge is 0.187 e. The van der Waals surface area contributed by atoms with Crippen LogP contribution in [0.5, 0.6) is 0 Å². The fraction of sp³-hybridized carbons (Fsp3) is 0.0667. The van der Waals surface area contributed by atoms with Crippen LogP contribution in [0, 0.1) is 0 Å². The van der Waals surface area contributed by atoms with E-state index in [2.05, 4.69) is 10.3 Å². The highest BCUT2D eigenvalue weighted by Crippen LogP contribution is 2.16. The summed E-state index contributed by atoms with van der Waals surface area (Å²) >= 11 is 0. The number of nitrogens with two attached hydrogens (primary N) is 1. The predicted octanol–water partition coefficient (Wildman–Crippen LogP) is 2.86. The molecule has 0 aliphatic carbocycles. The Hall–Kier alpha value is -2.62. The lowest BCUT2D eigenvalue weighted by atomic mass is 10.1. The Bertz CT molecular complexity index is 606. The Morgan fingerprint density at radius 2 is 1.95 bits per heavy atom. The van der Waals surface area contributed by atoms with Crippen LogP contribution in [0.3, 0.4) is 0 Å². The van der Waals surface area contributed by atoms with Crippen LogP contribution in [0.1, 0.15) is 17.3 Å². The molecule has 2 rings (SSSR count). The zero-order chi connectivity index (χ0) is 13.7. The van der Waals surface area contributed by atoms with Crippen molar-refractivity contribution in [3.05, 3.63) is 66.0 Å². The molecule has 0 bridgehead atoms. The topological polar surface area (TPSA) is 68.0 Å². The summed E-state index contributed by atoms with van der Waals surface area (Å²) in [6.07, 6.45) is 3.16. The Labute approximate surface area is 112 Å². The Kier molecular flexibility index (Phi) is 3.93. The van der Waals surface area contributed by atoms with Gasteiger partial charge in [0.25, 0.3) is 0 Å². The van der Waals surface area contributed by atoms with Gasteiger partial charge >= 0.3 is 0 Å². The van der Waals surface area contributed by atoms with Gasteiger partial charge in [0.2, 0.25) is 0 Å². The van der Waals surface area contributed by atoms with Gasteiger partial charge < -0.3 is 11.1 Å². The maximum absolute atomic E-state index is 12.0. The first kappa shape index (κ1) is 12.8. The average Bonchev–Trinajstić information content (AvgIpc) is 2.42. The molecule has 4 heteroatoms. The molecule has 96 valence electrons. The maximum Gasteiger partial charge on any atom is 0.187 e. The lowest BCUT2D eigenvalue weighted by Gasteiger charge is -2.08. The zero-order valence-electron chi connectivity index (χ0n) is 10.6. The van der Waals surface area contributed by atoms with Gasteiger partial charge in [-0.3, -0.25) is 4.79 Å². The van der Waals surface area contributed by atoms with Crippen molar-refractivity contribution in [2.75, 3.05) is 11.1 Å². The van der Waals surface area contributed by atoms with Gasteiger partial charge in [0.15, 0.2) is 5.78 Å². The van der Waals surface area contributed by atoms with Gasteiger partial charge in [-0.15, -0.1) is 0 Å². The first-order chi connectivity index (χ1) is 9.16. The van der Waals surface area contributed by atoms with Crippen LogP contribution in [-0.2, 0) is 0 Å². The van der Waals surface area contributed by atoms with Gasteiger partial charge in [0, 0.05) is 23.5 Å². The van der Waals surface area contributed by atoms with Crippen molar-refractivity contribution < 1.29 is 4.79 Å². The number of nitrogens with one attached hydrogen (secondary N) is 1. The fourth-order valence-electron chi connectivity index (χ4n) is 1.65. The zero-order valence-corrected chi connectivity index (χ0v) is 10.6. The van der Waals surface area contributed by atoms with E-state index in [0.717, 1.165) is 0 Å². The van der Waals surface area contributed by atoms with Crippen molar-refractivity contribution in [1.29, 1.82) is 0 Å². The molecule has 19 heavy (non-hydrogen) atoms. The molecule has 4 nitrogen and oxygen atoms in total. The second-order valence-electron chi connectivity index (χ2n) is 4.12. The summed E-state index contributed by atoms with van der Waals surface area (Å²) in [4.78, 5) is 15.9. The third-order valence-electron chi connectivity index (χ3n) is 2.58. The number of hydrogen-bond donors (Lipinski definition) is 2. The van der Waals surface area contributed by atoms with Crippen molar-refractivity contribution in [1.82, 2.24) is 4.98 Å². The predicted molar refractivity (Wildman–Crippen MR) is 76.8 cm³/mol. The number of carbonyl (C=O) groups excluding carboxylic acids is 1. The summed E-state index contributed by atoms with van der Waals surface area (Å²) in [5.41, 5.74) is 7.79. The first-order valence-electron chi connectivity index (χ1n) is 5.92.